The summed E-state index contributed by atoms with van der Waals surface area (Å²) in [6.07, 6.45) is 1.07. The molecule has 0 aliphatic carbocycles. The molecule has 1 aliphatic heterocycles. The molecule has 1 fully saturated rings. The number of ether oxygens (including phenoxy) is 2. The number of hydrogen-bond donors (Lipinski definition) is 1. The summed E-state index contributed by atoms with van der Waals surface area (Å²) in [4.78, 5) is 0. The Bertz CT molecular complexity index is 351. The monoisotopic (exact) mass is 241 g/mol. The van der Waals surface area contributed by atoms with E-state index in [0.717, 1.165) is 30.9 Å². The summed E-state index contributed by atoms with van der Waals surface area (Å²) in [5.74, 6) is 1.33. The third kappa shape index (κ3) is 2.88. The van der Waals surface area contributed by atoms with E-state index in [2.05, 4.69) is 0 Å². The molecule has 3 nitrogen and oxygen atoms in total. The number of hydrogen-bond acceptors (Lipinski definition) is 3. The van der Waals surface area contributed by atoms with Crippen molar-refractivity contribution in [3.05, 3.63) is 28.8 Å². The first-order chi connectivity index (χ1) is 7.79. The fraction of sp³-hybridized carbons (Fsp3) is 0.500. The molecule has 1 saturated heterocycles. The number of benzene rings is 1. The second-order valence-corrected chi connectivity index (χ2v) is 4.43. The Balaban J connectivity index is 1.97. The third-order valence-corrected chi connectivity index (χ3v) is 2.98. The van der Waals surface area contributed by atoms with Gasteiger partial charge in [0.2, 0.25) is 0 Å². The Kier molecular flexibility index (Phi) is 4.04. The molecule has 2 rings (SSSR count). The second kappa shape index (κ2) is 5.53. The summed E-state index contributed by atoms with van der Waals surface area (Å²) >= 11 is 5.89. The second-order valence-electron chi connectivity index (χ2n) is 4.00. The SMILES string of the molecule is NCc1cc(Cl)ccc1OCC1CCOC1. The zero-order chi connectivity index (χ0) is 11.4. The molecular weight excluding hydrogens is 226 g/mol. The molecule has 0 spiro atoms. The first-order valence-electron chi connectivity index (χ1n) is 5.48. The number of halogens is 1. The molecule has 1 aromatic rings. The van der Waals surface area contributed by atoms with Crippen LogP contribution in [0.2, 0.25) is 5.02 Å². The van der Waals surface area contributed by atoms with Gasteiger partial charge in [-0.15, -0.1) is 0 Å². The lowest BCUT2D eigenvalue weighted by molar-refractivity contribution is 0.167. The molecule has 16 heavy (non-hydrogen) atoms. The van der Waals surface area contributed by atoms with Gasteiger partial charge in [-0.1, -0.05) is 11.6 Å². The summed E-state index contributed by atoms with van der Waals surface area (Å²) < 4.78 is 11.0. The molecule has 1 unspecified atom stereocenters. The zero-order valence-corrected chi connectivity index (χ0v) is 9.87. The molecule has 0 bridgehead atoms. The van der Waals surface area contributed by atoms with Crippen molar-refractivity contribution in [2.75, 3.05) is 19.8 Å². The van der Waals surface area contributed by atoms with Crippen molar-refractivity contribution in [2.24, 2.45) is 11.7 Å². The van der Waals surface area contributed by atoms with Gasteiger partial charge in [0, 0.05) is 29.7 Å². The van der Waals surface area contributed by atoms with E-state index in [1.165, 1.54) is 0 Å². The van der Waals surface area contributed by atoms with Crippen LogP contribution in [0.3, 0.4) is 0 Å². The predicted molar refractivity (Wildman–Crippen MR) is 63.8 cm³/mol. The normalized spacial score (nSPS) is 20.0. The van der Waals surface area contributed by atoms with Crippen molar-refractivity contribution in [3.63, 3.8) is 0 Å². The summed E-state index contributed by atoms with van der Waals surface area (Å²) in [7, 11) is 0. The Hall–Kier alpha value is -0.770. The van der Waals surface area contributed by atoms with Gasteiger partial charge in [-0.3, -0.25) is 0 Å². The van der Waals surface area contributed by atoms with Gasteiger partial charge in [0.05, 0.1) is 13.2 Å². The molecule has 0 aromatic heterocycles. The van der Waals surface area contributed by atoms with Gasteiger partial charge in [0.15, 0.2) is 0 Å². The van der Waals surface area contributed by atoms with Crippen LogP contribution in [-0.2, 0) is 11.3 Å². The molecule has 0 amide bonds. The van der Waals surface area contributed by atoms with E-state index in [1.807, 2.05) is 18.2 Å². The highest BCUT2D eigenvalue weighted by Crippen LogP contribution is 2.24. The molecule has 1 aliphatic rings. The van der Waals surface area contributed by atoms with Crippen LogP contribution in [0.15, 0.2) is 18.2 Å². The smallest absolute Gasteiger partial charge is 0.123 e. The first kappa shape index (κ1) is 11.7. The lowest BCUT2D eigenvalue weighted by Crippen LogP contribution is -2.13. The molecule has 4 heteroatoms. The van der Waals surface area contributed by atoms with Crippen LogP contribution in [-0.4, -0.2) is 19.8 Å². The average Bonchev–Trinajstić information content (AvgIpc) is 2.80. The minimum atomic E-state index is 0.442. The maximum atomic E-state index is 5.89. The van der Waals surface area contributed by atoms with Gasteiger partial charge >= 0.3 is 0 Å². The van der Waals surface area contributed by atoms with Crippen LogP contribution < -0.4 is 10.5 Å². The molecule has 88 valence electrons. The van der Waals surface area contributed by atoms with E-state index >= 15 is 0 Å². The van der Waals surface area contributed by atoms with Gasteiger partial charge in [0.25, 0.3) is 0 Å². The Morgan fingerprint density at radius 3 is 3.06 bits per heavy atom. The molecule has 1 aromatic carbocycles. The zero-order valence-electron chi connectivity index (χ0n) is 9.12. The van der Waals surface area contributed by atoms with E-state index in [4.69, 9.17) is 26.8 Å². The lowest BCUT2D eigenvalue weighted by atomic mass is 10.1. The minimum Gasteiger partial charge on any atom is -0.493 e. The van der Waals surface area contributed by atoms with Gasteiger partial charge in [-0.05, 0) is 24.6 Å². The fourth-order valence-corrected chi connectivity index (χ4v) is 1.97. The molecule has 1 heterocycles. The van der Waals surface area contributed by atoms with Crippen LogP contribution >= 0.6 is 11.6 Å². The maximum absolute atomic E-state index is 5.89. The molecular formula is C12H16ClNO2. The average molecular weight is 242 g/mol. The topological polar surface area (TPSA) is 44.5 Å². The summed E-state index contributed by atoms with van der Waals surface area (Å²) in [5.41, 5.74) is 6.59. The summed E-state index contributed by atoms with van der Waals surface area (Å²) in [6.45, 7) is 2.77. The van der Waals surface area contributed by atoms with Crippen molar-refractivity contribution in [1.82, 2.24) is 0 Å². The standard InChI is InChI=1S/C12H16ClNO2/c13-11-1-2-12(10(5-11)6-14)16-8-9-3-4-15-7-9/h1-2,5,9H,3-4,6-8,14H2. The molecule has 1 atom stereocenters. The highest BCUT2D eigenvalue weighted by Gasteiger charge is 2.16. The van der Waals surface area contributed by atoms with Crippen LogP contribution in [0.5, 0.6) is 5.75 Å². The molecule has 2 N–H and O–H groups in total. The summed E-state index contributed by atoms with van der Waals surface area (Å²) in [6, 6.07) is 5.55. The van der Waals surface area contributed by atoms with E-state index < -0.39 is 0 Å². The predicted octanol–water partition coefficient (Wildman–Crippen LogP) is 2.21. The van der Waals surface area contributed by atoms with E-state index in [1.54, 1.807) is 0 Å². The van der Waals surface area contributed by atoms with Crippen molar-refractivity contribution >= 4 is 11.6 Å². The van der Waals surface area contributed by atoms with Crippen molar-refractivity contribution in [2.45, 2.75) is 13.0 Å². The Labute approximate surface area is 100 Å². The third-order valence-electron chi connectivity index (χ3n) is 2.74. The van der Waals surface area contributed by atoms with Crippen LogP contribution in [0, 0.1) is 5.92 Å². The fourth-order valence-electron chi connectivity index (χ4n) is 1.77. The van der Waals surface area contributed by atoms with Crippen LogP contribution in [0.1, 0.15) is 12.0 Å². The van der Waals surface area contributed by atoms with Gasteiger partial charge in [-0.2, -0.15) is 0 Å². The van der Waals surface area contributed by atoms with Crippen molar-refractivity contribution in [3.8, 4) is 5.75 Å². The Morgan fingerprint density at radius 1 is 1.50 bits per heavy atom. The molecule has 0 radical (unpaired) electrons. The highest BCUT2D eigenvalue weighted by atomic mass is 35.5. The van der Waals surface area contributed by atoms with Gasteiger partial charge in [-0.25, -0.2) is 0 Å². The van der Waals surface area contributed by atoms with Gasteiger partial charge < -0.3 is 15.2 Å². The maximum Gasteiger partial charge on any atom is 0.123 e. The largest absolute Gasteiger partial charge is 0.493 e. The van der Waals surface area contributed by atoms with Crippen LogP contribution in [0.25, 0.3) is 0 Å². The van der Waals surface area contributed by atoms with Gasteiger partial charge in [0.1, 0.15) is 5.75 Å². The summed E-state index contributed by atoms with van der Waals surface area (Å²) in [5, 5.41) is 0.692. The Morgan fingerprint density at radius 2 is 2.38 bits per heavy atom. The van der Waals surface area contributed by atoms with E-state index in [0.29, 0.717) is 24.1 Å². The van der Waals surface area contributed by atoms with E-state index in [9.17, 15) is 0 Å². The minimum absolute atomic E-state index is 0.442. The van der Waals surface area contributed by atoms with Crippen molar-refractivity contribution < 1.29 is 9.47 Å². The van der Waals surface area contributed by atoms with Crippen LogP contribution in [0.4, 0.5) is 0 Å². The molecule has 0 saturated carbocycles. The van der Waals surface area contributed by atoms with Crippen molar-refractivity contribution in [1.29, 1.82) is 0 Å². The first-order valence-corrected chi connectivity index (χ1v) is 5.86. The highest BCUT2D eigenvalue weighted by molar-refractivity contribution is 6.30. The number of rotatable bonds is 4. The van der Waals surface area contributed by atoms with E-state index in [-0.39, 0.29) is 0 Å². The number of nitrogens with two attached hydrogens (primary N) is 1. The lowest BCUT2D eigenvalue weighted by Gasteiger charge is -2.13. The quantitative estimate of drug-likeness (QED) is 0.879.